The van der Waals surface area contributed by atoms with Crippen LogP contribution in [0.1, 0.15) is 12.6 Å². The third kappa shape index (κ3) is 1.39. The number of H-pyrrole nitrogens is 1. The van der Waals surface area contributed by atoms with E-state index in [0.717, 1.165) is 16.6 Å². The molecule has 1 aromatic rings. The molecule has 0 aliphatic heterocycles. The lowest BCUT2D eigenvalue weighted by atomic mass is 10.3. The average molecular weight is 174 g/mol. The van der Waals surface area contributed by atoms with Crippen LogP contribution in [-0.2, 0) is 6.42 Å². The molecule has 1 N–H and O–H groups in total. The zero-order valence-corrected chi connectivity index (χ0v) is 7.22. The van der Waals surface area contributed by atoms with E-state index in [0.29, 0.717) is 5.02 Å². The van der Waals surface area contributed by atoms with Crippen molar-refractivity contribution >= 4 is 23.8 Å². The fourth-order valence-electron chi connectivity index (χ4n) is 0.760. The van der Waals surface area contributed by atoms with Crippen molar-refractivity contribution in [3.63, 3.8) is 0 Å². The fraction of sp³-hybridized carbons (Fsp3) is 0.286. The van der Waals surface area contributed by atoms with Crippen molar-refractivity contribution in [2.24, 2.45) is 0 Å². The van der Waals surface area contributed by atoms with Gasteiger partial charge in [0.15, 0.2) is 0 Å². The third-order valence-electron chi connectivity index (χ3n) is 1.33. The molecule has 0 atom stereocenters. The molecule has 0 aliphatic carbocycles. The molecule has 0 aliphatic rings. The zero-order chi connectivity index (χ0) is 7.56. The largest absolute Gasteiger partial charge is 0.364 e. The summed E-state index contributed by atoms with van der Waals surface area (Å²) in [7, 11) is 0. The number of pyridine rings is 1. The number of hydrogen-bond acceptors (Lipinski definition) is 1. The molecule has 0 unspecified atom stereocenters. The number of rotatable bonds is 1. The van der Waals surface area contributed by atoms with Gasteiger partial charge in [-0.3, -0.25) is 0 Å². The smallest absolute Gasteiger partial charge is 0.0779 e. The monoisotopic (exact) mass is 173 g/mol. The molecular formula is C7H8ClNS. The molecule has 0 amide bonds. The summed E-state index contributed by atoms with van der Waals surface area (Å²) in [6.45, 7) is 2.03. The number of halogens is 1. The predicted octanol–water partition coefficient (Wildman–Crippen LogP) is 2.96. The number of hydrogen-bond donors (Lipinski definition) is 1. The van der Waals surface area contributed by atoms with Crippen molar-refractivity contribution in [1.82, 2.24) is 4.98 Å². The molecule has 0 saturated carbocycles. The van der Waals surface area contributed by atoms with E-state index in [4.69, 9.17) is 23.8 Å². The summed E-state index contributed by atoms with van der Waals surface area (Å²) in [5, 5.41) is 0.681. The van der Waals surface area contributed by atoms with E-state index in [2.05, 4.69) is 4.98 Å². The maximum atomic E-state index is 5.86. The van der Waals surface area contributed by atoms with Gasteiger partial charge in [0.2, 0.25) is 0 Å². The second kappa shape index (κ2) is 3.17. The molecule has 0 fully saturated rings. The molecule has 0 spiro atoms. The molecule has 10 heavy (non-hydrogen) atoms. The van der Waals surface area contributed by atoms with Crippen LogP contribution in [0.25, 0.3) is 0 Å². The van der Waals surface area contributed by atoms with Crippen LogP contribution in [0, 0.1) is 4.51 Å². The van der Waals surface area contributed by atoms with Crippen molar-refractivity contribution in [3.05, 3.63) is 27.5 Å². The summed E-state index contributed by atoms with van der Waals surface area (Å²) < 4.78 is 0.720. The van der Waals surface area contributed by atoms with E-state index in [-0.39, 0.29) is 0 Å². The van der Waals surface area contributed by atoms with Crippen LogP contribution in [-0.4, -0.2) is 4.98 Å². The van der Waals surface area contributed by atoms with Gasteiger partial charge >= 0.3 is 0 Å². The highest BCUT2D eigenvalue weighted by Gasteiger charge is 1.96. The normalized spacial score (nSPS) is 9.80. The maximum Gasteiger partial charge on any atom is 0.0779 e. The van der Waals surface area contributed by atoms with Crippen LogP contribution in [0.15, 0.2) is 12.3 Å². The van der Waals surface area contributed by atoms with Gasteiger partial charge in [-0.25, -0.2) is 0 Å². The van der Waals surface area contributed by atoms with Gasteiger partial charge in [0.1, 0.15) is 0 Å². The highest BCUT2D eigenvalue weighted by atomic mass is 35.5. The summed E-state index contributed by atoms with van der Waals surface area (Å²) in [5.41, 5.74) is 1.01. The third-order valence-corrected chi connectivity index (χ3v) is 2.21. The number of nitrogens with one attached hydrogen (secondary N) is 1. The highest BCUT2D eigenvalue weighted by molar-refractivity contribution is 7.71. The summed E-state index contributed by atoms with van der Waals surface area (Å²) >= 11 is 10.8. The molecule has 1 aromatic heterocycles. The Hall–Kier alpha value is -0.340. The van der Waals surface area contributed by atoms with Gasteiger partial charge in [-0.05, 0) is 12.5 Å². The summed E-state index contributed by atoms with van der Waals surface area (Å²) in [4.78, 5) is 3.03. The lowest BCUT2D eigenvalue weighted by Gasteiger charge is -1.98. The Bertz CT molecular complexity index is 279. The minimum absolute atomic E-state index is 0.681. The molecular weight excluding hydrogens is 166 g/mol. The molecule has 0 saturated heterocycles. The Labute approximate surface area is 70.0 Å². The van der Waals surface area contributed by atoms with Crippen molar-refractivity contribution in [2.45, 2.75) is 13.3 Å². The van der Waals surface area contributed by atoms with Crippen molar-refractivity contribution in [2.75, 3.05) is 0 Å². The summed E-state index contributed by atoms with van der Waals surface area (Å²) in [6, 6.07) is 1.79. The van der Waals surface area contributed by atoms with Crippen LogP contribution in [0.5, 0.6) is 0 Å². The fourth-order valence-corrected chi connectivity index (χ4v) is 1.20. The van der Waals surface area contributed by atoms with E-state index in [1.54, 1.807) is 6.07 Å². The second-order valence-electron chi connectivity index (χ2n) is 1.99. The Balaban J connectivity index is 3.28. The number of aromatic nitrogens is 1. The van der Waals surface area contributed by atoms with Gasteiger partial charge in [-0.2, -0.15) is 0 Å². The molecule has 0 aromatic carbocycles. The molecule has 0 bridgehead atoms. The van der Waals surface area contributed by atoms with Gasteiger partial charge in [-0.1, -0.05) is 30.7 Å². The zero-order valence-electron chi connectivity index (χ0n) is 5.65. The predicted molar refractivity (Wildman–Crippen MR) is 46.0 cm³/mol. The first-order valence-electron chi connectivity index (χ1n) is 3.11. The summed E-state index contributed by atoms with van der Waals surface area (Å²) in [5.74, 6) is 0. The Morgan fingerprint density at radius 3 is 2.90 bits per heavy atom. The Kier molecular flexibility index (Phi) is 2.46. The first kappa shape index (κ1) is 7.76. The molecule has 1 heterocycles. The number of aryl methyl sites for hydroxylation is 1. The van der Waals surface area contributed by atoms with Crippen LogP contribution >= 0.6 is 23.8 Å². The van der Waals surface area contributed by atoms with Gasteiger partial charge in [0.25, 0.3) is 0 Å². The SMILES string of the molecule is CCc1[nH]ccc(=S)c1Cl. The van der Waals surface area contributed by atoms with Gasteiger partial charge in [0.05, 0.1) is 9.53 Å². The van der Waals surface area contributed by atoms with E-state index in [1.807, 2.05) is 13.1 Å². The first-order valence-corrected chi connectivity index (χ1v) is 3.90. The Morgan fingerprint density at radius 2 is 2.40 bits per heavy atom. The molecule has 0 radical (unpaired) electrons. The quantitative estimate of drug-likeness (QED) is 0.646. The van der Waals surface area contributed by atoms with Gasteiger partial charge in [-0.15, -0.1) is 0 Å². The van der Waals surface area contributed by atoms with E-state index in [9.17, 15) is 0 Å². The average Bonchev–Trinajstić information content (AvgIpc) is 1.95. The first-order chi connectivity index (χ1) is 4.75. The molecule has 1 nitrogen and oxygen atoms in total. The van der Waals surface area contributed by atoms with E-state index in [1.165, 1.54) is 0 Å². The van der Waals surface area contributed by atoms with Crippen LogP contribution in [0.4, 0.5) is 0 Å². The molecule has 1 rings (SSSR count). The lowest BCUT2D eigenvalue weighted by molar-refractivity contribution is 1.03. The van der Waals surface area contributed by atoms with Crippen LogP contribution < -0.4 is 0 Å². The maximum absolute atomic E-state index is 5.86. The highest BCUT2D eigenvalue weighted by Crippen LogP contribution is 2.14. The van der Waals surface area contributed by atoms with Crippen molar-refractivity contribution < 1.29 is 0 Å². The Morgan fingerprint density at radius 1 is 1.70 bits per heavy atom. The standard InChI is InChI=1S/C7H8ClNS/c1-2-5-7(8)6(10)3-4-9-5/h3-4H,2H2,1H3,(H,9,10). The van der Waals surface area contributed by atoms with E-state index < -0.39 is 0 Å². The number of aromatic amines is 1. The second-order valence-corrected chi connectivity index (χ2v) is 2.81. The minimum atomic E-state index is 0.681. The lowest BCUT2D eigenvalue weighted by Crippen LogP contribution is -1.86. The topological polar surface area (TPSA) is 15.8 Å². The van der Waals surface area contributed by atoms with Crippen LogP contribution in [0.3, 0.4) is 0 Å². The summed E-state index contributed by atoms with van der Waals surface area (Å²) in [6.07, 6.45) is 2.70. The molecule has 54 valence electrons. The van der Waals surface area contributed by atoms with Crippen LogP contribution in [0.2, 0.25) is 5.02 Å². The van der Waals surface area contributed by atoms with Crippen molar-refractivity contribution in [1.29, 1.82) is 0 Å². The van der Waals surface area contributed by atoms with Gasteiger partial charge < -0.3 is 4.98 Å². The van der Waals surface area contributed by atoms with Crippen molar-refractivity contribution in [3.8, 4) is 0 Å². The van der Waals surface area contributed by atoms with E-state index >= 15 is 0 Å². The minimum Gasteiger partial charge on any atom is -0.364 e. The van der Waals surface area contributed by atoms with Gasteiger partial charge in [0, 0.05) is 11.9 Å². The molecule has 3 heteroatoms.